The number of aromatic nitrogens is 3. The maximum absolute atomic E-state index is 9.08. The number of aliphatic hydroxyl groups excluding tert-OH is 1. The van der Waals surface area contributed by atoms with Gasteiger partial charge in [-0.2, -0.15) is 5.10 Å². The fourth-order valence-electron chi connectivity index (χ4n) is 1.63. The molecule has 0 aliphatic heterocycles. The quantitative estimate of drug-likeness (QED) is 0.732. The molecule has 1 aromatic heterocycles. The highest BCUT2D eigenvalue weighted by Crippen LogP contribution is 2.48. The van der Waals surface area contributed by atoms with Crippen LogP contribution in [0.3, 0.4) is 0 Å². The molecule has 0 unspecified atom stereocenters. The molecule has 72 valence electrons. The van der Waals surface area contributed by atoms with E-state index in [1.807, 2.05) is 4.68 Å². The highest BCUT2D eigenvalue weighted by atomic mass is 16.3. The van der Waals surface area contributed by atoms with Crippen molar-refractivity contribution in [1.82, 2.24) is 14.8 Å². The molecule has 1 aliphatic rings. The van der Waals surface area contributed by atoms with Gasteiger partial charge in [0.25, 0.3) is 0 Å². The van der Waals surface area contributed by atoms with Crippen molar-refractivity contribution in [1.29, 1.82) is 0 Å². The number of hydrogen-bond acceptors (Lipinski definition) is 3. The van der Waals surface area contributed by atoms with Crippen LogP contribution in [0, 0.1) is 5.41 Å². The van der Waals surface area contributed by atoms with Crippen LogP contribution < -0.4 is 0 Å². The fourth-order valence-corrected chi connectivity index (χ4v) is 1.63. The van der Waals surface area contributed by atoms with Crippen LogP contribution >= 0.6 is 0 Å². The molecule has 0 radical (unpaired) electrons. The maximum Gasteiger partial charge on any atom is 0.137 e. The lowest BCUT2D eigenvalue weighted by Crippen LogP contribution is -2.08. The van der Waals surface area contributed by atoms with Crippen molar-refractivity contribution in [2.75, 3.05) is 6.61 Å². The Labute approximate surface area is 77.6 Å². The second-order valence-electron chi connectivity index (χ2n) is 3.92. The van der Waals surface area contributed by atoms with Gasteiger partial charge < -0.3 is 5.11 Å². The zero-order valence-corrected chi connectivity index (χ0v) is 7.69. The lowest BCUT2D eigenvalue weighted by atomic mass is 10.0. The molecular weight excluding hydrogens is 166 g/mol. The summed E-state index contributed by atoms with van der Waals surface area (Å²) in [4.78, 5) is 3.88. The van der Waals surface area contributed by atoms with Crippen molar-refractivity contribution in [2.45, 2.75) is 32.2 Å². The summed E-state index contributed by atoms with van der Waals surface area (Å²) in [6.07, 6.45) is 7.88. The van der Waals surface area contributed by atoms with Crippen LogP contribution in [0.15, 0.2) is 12.7 Å². The molecule has 1 heterocycles. The molecule has 0 aromatic carbocycles. The van der Waals surface area contributed by atoms with Crippen molar-refractivity contribution in [3.05, 3.63) is 12.7 Å². The van der Waals surface area contributed by atoms with Gasteiger partial charge in [0.2, 0.25) is 0 Å². The van der Waals surface area contributed by atoms with E-state index in [2.05, 4.69) is 10.1 Å². The monoisotopic (exact) mass is 181 g/mol. The summed E-state index contributed by atoms with van der Waals surface area (Å²) < 4.78 is 1.84. The Morgan fingerprint density at radius 1 is 1.46 bits per heavy atom. The maximum atomic E-state index is 9.08. The largest absolute Gasteiger partial charge is 0.396 e. The first-order chi connectivity index (χ1) is 6.35. The first kappa shape index (κ1) is 8.69. The zero-order chi connectivity index (χ0) is 9.15. The summed E-state index contributed by atoms with van der Waals surface area (Å²) in [6, 6.07) is 0. The van der Waals surface area contributed by atoms with Crippen LogP contribution in [0.25, 0.3) is 0 Å². The minimum atomic E-state index is 0.278. The number of hydrogen-bond donors (Lipinski definition) is 1. The molecule has 1 fully saturated rings. The van der Waals surface area contributed by atoms with Gasteiger partial charge >= 0.3 is 0 Å². The Morgan fingerprint density at radius 2 is 2.31 bits per heavy atom. The number of aryl methyl sites for hydroxylation is 1. The van der Waals surface area contributed by atoms with Crippen LogP contribution in [0.2, 0.25) is 0 Å². The Kier molecular flexibility index (Phi) is 2.31. The lowest BCUT2D eigenvalue weighted by molar-refractivity contribution is 0.198. The average Bonchev–Trinajstić information content (AvgIpc) is 2.74. The van der Waals surface area contributed by atoms with Crippen LogP contribution in [-0.4, -0.2) is 26.5 Å². The molecule has 1 N–H and O–H groups in total. The van der Waals surface area contributed by atoms with Gasteiger partial charge in [-0.1, -0.05) is 0 Å². The van der Waals surface area contributed by atoms with E-state index in [4.69, 9.17) is 5.11 Å². The summed E-state index contributed by atoms with van der Waals surface area (Å²) in [5.74, 6) is 0. The third-order valence-corrected chi connectivity index (χ3v) is 2.85. The number of rotatable bonds is 5. The molecule has 0 atom stereocenters. The van der Waals surface area contributed by atoms with Crippen LogP contribution in [-0.2, 0) is 6.54 Å². The molecular formula is C9H15N3O. The second kappa shape index (κ2) is 3.46. The van der Waals surface area contributed by atoms with E-state index < -0.39 is 0 Å². The summed E-state index contributed by atoms with van der Waals surface area (Å²) in [5, 5.41) is 13.1. The van der Waals surface area contributed by atoms with Crippen molar-refractivity contribution >= 4 is 0 Å². The molecule has 0 saturated heterocycles. The van der Waals surface area contributed by atoms with Gasteiger partial charge in [-0.15, -0.1) is 0 Å². The van der Waals surface area contributed by atoms with Gasteiger partial charge in [0, 0.05) is 13.2 Å². The van der Waals surface area contributed by atoms with Crippen LogP contribution in [0.5, 0.6) is 0 Å². The lowest BCUT2D eigenvalue weighted by Gasteiger charge is -2.10. The van der Waals surface area contributed by atoms with Crippen molar-refractivity contribution in [3.63, 3.8) is 0 Å². The molecule has 1 aliphatic carbocycles. The van der Waals surface area contributed by atoms with E-state index in [0.29, 0.717) is 6.61 Å². The van der Waals surface area contributed by atoms with Gasteiger partial charge in [-0.05, 0) is 31.1 Å². The molecule has 13 heavy (non-hydrogen) atoms. The Balaban J connectivity index is 1.70. The van der Waals surface area contributed by atoms with Gasteiger partial charge in [-0.3, -0.25) is 4.68 Å². The Hall–Kier alpha value is -0.900. The third-order valence-electron chi connectivity index (χ3n) is 2.85. The minimum absolute atomic E-state index is 0.278. The molecule has 2 rings (SSSR count). The number of nitrogens with zero attached hydrogens (tertiary/aromatic N) is 3. The van der Waals surface area contributed by atoms with E-state index in [0.717, 1.165) is 19.4 Å². The molecule has 4 heteroatoms. The standard InChI is InChI=1S/C9H15N3O/c13-6-9(3-4-9)2-1-5-12-8-10-7-11-12/h7-8,13H,1-6H2. The fraction of sp³-hybridized carbons (Fsp3) is 0.778. The highest BCUT2D eigenvalue weighted by Gasteiger charge is 2.40. The molecule has 1 saturated carbocycles. The summed E-state index contributed by atoms with van der Waals surface area (Å²) >= 11 is 0. The van der Waals surface area contributed by atoms with Crippen molar-refractivity contribution < 1.29 is 5.11 Å². The normalized spacial score (nSPS) is 18.8. The Morgan fingerprint density at radius 3 is 2.85 bits per heavy atom. The van der Waals surface area contributed by atoms with Crippen molar-refractivity contribution in [3.8, 4) is 0 Å². The first-order valence-electron chi connectivity index (χ1n) is 4.78. The van der Waals surface area contributed by atoms with E-state index in [1.54, 1.807) is 12.7 Å². The summed E-state index contributed by atoms with van der Waals surface area (Å²) in [7, 11) is 0. The molecule has 0 amide bonds. The molecule has 0 bridgehead atoms. The summed E-state index contributed by atoms with van der Waals surface area (Å²) in [6.45, 7) is 1.27. The predicted octanol–water partition coefficient (Wildman–Crippen LogP) is 0.831. The predicted molar refractivity (Wildman–Crippen MR) is 48.0 cm³/mol. The van der Waals surface area contributed by atoms with E-state index in [1.165, 1.54) is 12.8 Å². The smallest absolute Gasteiger partial charge is 0.137 e. The SMILES string of the molecule is OCC1(CCCn2cncn2)CC1. The first-order valence-corrected chi connectivity index (χ1v) is 4.78. The molecule has 4 nitrogen and oxygen atoms in total. The highest BCUT2D eigenvalue weighted by molar-refractivity contribution is 4.91. The zero-order valence-electron chi connectivity index (χ0n) is 7.69. The van der Waals surface area contributed by atoms with Gasteiger partial charge in [0.15, 0.2) is 0 Å². The van der Waals surface area contributed by atoms with Gasteiger partial charge in [-0.25, -0.2) is 4.98 Å². The van der Waals surface area contributed by atoms with Gasteiger partial charge in [0.05, 0.1) is 0 Å². The van der Waals surface area contributed by atoms with Crippen molar-refractivity contribution in [2.24, 2.45) is 5.41 Å². The van der Waals surface area contributed by atoms with E-state index in [9.17, 15) is 0 Å². The van der Waals surface area contributed by atoms with E-state index in [-0.39, 0.29) is 5.41 Å². The van der Waals surface area contributed by atoms with Gasteiger partial charge in [0.1, 0.15) is 12.7 Å². The second-order valence-corrected chi connectivity index (χ2v) is 3.92. The van der Waals surface area contributed by atoms with E-state index >= 15 is 0 Å². The third kappa shape index (κ3) is 2.06. The average molecular weight is 181 g/mol. The molecule has 0 spiro atoms. The molecule has 1 aromatic rings. The minimum Gasteiger partial charge on any atom is -0.396 e. The number of aliphatic hydroxyl groups is 1. The van der Waals surface area contributed by atoms with Crippen LogP contribution in [0.1, 0.15) is 25.7 Å². The Bertz CT molecular complexity index is 254. The van der Waals surface area contributed by atoms with Crippen LogP contribution in [0.4, 0.5) is 0 Å². The topological polar surface area (TPSA) is 50.9 Å². The summed E-state index contributed by atoms with van der Waals surface area (Å²) in [5.41, 5.74) is 0.278.